The Labute approximate surface area is 192 Å². The number of pyridine rings is 1. The van der Waals surface area contributed by atoms with Crippen molar-refractivity contribution in [1.29, 1.82) is 0 Å². The fourth-order valence-corrected chi connectivity index (χ4v) is 4.08. The molecule has 1 aliphatic rings. The molecule has 0 atom stereocenters. The molecule has 0 aliphatic carbocycles. The van der Waals surface area contributed by atoms with Crippen molar-refractivity contribution in [2.75, 3.05) is 38.2 Å². The van der Waals surface area contributed by atoms with Crippen LogP contribution in [0.25, 0.3) is 16.9 Å². The number of rotatable bonds is 5. The molecule has 2 aromatic carbocycles. The van der Waals surface area contributed by atoms with E-state index < -0.39 is 0 Å². The fraction of sp³-hybridized carbons (Fsp3) is 0.192. The molecule has 0 bridgehead atoms. The van der Waals surface area contributed by atoms with Gasteiger partial charge in [-0.25, -0.2) is 9.67 Å². The van der Waals surface area contributed by atoms with Crippen molar-refractivity contribution in [3.8, 4) is 22.8 Å². The van der Waals surface area contributed by atoms with Crippen molar-refractivity contribution >= 4 is 11.6 Å². The second-order valence-electron chi connectivity index (χ2n) is 7.87. The standard InChI is InChI=1S/C26H25N5O2/c1-33-25-13-12-22(19-27-25)31-24(20-8-4-2-5-9-20)18-23(28-31)26(32)30-16-14-29(15-17-30)21-10-6-3-7-11-21/h2-13,18-19H,14-17H2,1H3. The highest BCUT2D eigenvalue weighted by Crippen LogP contribution is 2.25. The number of para-hydroxylation sites is 1. The summed E-state index contributed by atoms with van der Waals surface area (Å²) in [4.78, 5) is 21.9. The van der Waals surface area contributed by atoms with Crippen LogP contribution in [0.5, 0.6) is 5.88 Å². The van der Waals surface area contributed by atoms with Gasteiger partial charge in [-0.2, -0.15) is 5.10 Å². The smallest absolute Gasteiger partial charge is 0.274 e. The maximum absolute atomic E-state index is 13.4. The molecule has 0 saturated carbocycles. The molecule has 1 aliphatic heterocycles. The molecule has 7 nitrogen and oxygen atoms in total. The SMILES string of the molecule is COc1ccc(-n2nc(C(=O)N3CCN(c4ccccc4)CC3)cc2-c2ccccc2)cn1. The van der Waals surface area contributed by atoms with Gasteiger partial charge in [0.15, 0.2) is 5.69 Å². The predicted octanol–water partition coefficient (Wildman–Crippen LogP) is 3.91. The van der Waals surface area contributed by atoms with Gasteiger partial charge in [0.25, 0.3) is 5.91 Å². The summed E-state index contributed by atoms with van der Waals surface area (Å²) in [5, 5.41) is 4.70. The minimum Gasteiger partial charge on any atom is -0.481 e. The molecule has 1 saturated heterocycles. The van der Waals surface area contributed by atoms with Gasteiger partial charge >= 0.3 is 0 Å². The van der Waals surface area contributed by atoms with E-state index in [-0.39, 0.29) is 5.91 Å². The summed E-state index contributed by atoms with van der Waals surface area (Å²) in [6.07, 6.45) is 1.70. The van der Waals surface area contributed by atoms with E-state index in [0.29, 0.717) is 24.7 Å². The molecule has 1 fully saturated rings. The molecule has 166 valence electrons. The van der Waals surface area contributed by atoms with E-state index in [1.54, 1.807) is 24.1 Å². The Hall–Kier alpha value is -4.13. The number of hydrogen-bond acceptors (Lipinski definition) is 5. The number of amides is 1. The van der Waals surface area contributed by atoms with Gasteiger partial charge in [0.2, 0.25) is 5.88 Å². The van der Waals surface area contributed by atoms with Gasteiger partial charge < -0.3 is 14.5 Å². The molecule has 0 radical (unpaired) electrons. The topological polar surface area (TPSA) is 63.5 Å². The normalized spacial score (nSPS) is 13.7. The third-order valence-electron chi connectivity index (χ3n) is 5.86. The largest absolute Gasteiger partial charge is 0.481 e. The molecule has 0 unspecified atom stereocenters. The highest BCUT2D eigenvalue weighted by atomic mass is 16.5. The van der Waals surface area contributed by atoms with Crippen molar-refractivity contribution in [2.45, 2.75) is 0 Å². The van der Waals surface area contributed by atoms with Crippen molar-refractivity contribution < 1.29 is 9.53 Å². The Morgan fingerprint density at radius 1 is 0.848 bits per heavy atom. The van der Waals surface area contributed by atoms with Gasteiger partial charge in [0.05, 0.1) is 24.7 Å². The second kappa shape index (κ2) is 9.16. The lowest BCUT2D eigenvalue weighted by atomic mass is 10.1. The summed E-state index contributed by atoms with van der Waals surface area (Å²) in [6.45, 7) is 2.91. The van der Waals surface area contributed by atoms with Crippen molar-refractivity contribution in [3.63, 3.8) is 0 Å². The van der Waals surface area contributed by atoms with Crippen LogP contribution in [0.1, 0.15) is 10.5 Å². The molecule has 1 amide bonds. The number of ether oxygens (including phenoxy) is 1. The van der Waals surface area contributed by atoms with Crippen LogP contribution in [0.3, 0.4) is 0 Å². The molecule has 4 aromatic rings. The first-order valence-electron chi connectivity index (χ1n) is 11.0. The van der Waals surface area contributed by atoms with Crippen LogP contribution in [-0.2, 0) is 0 Å². The average molecular weight is 440 g/mol. The van der Waals surface area contributed by atoms with Crippen molar-refractivity contribution in [2.24, 2.45) is 0 Å². The van der Waals surface area contributed by atoms with E-state index in [9.17, 15) is 4.79 Å². The molecule has 2 aromatic heterocycles. The van der Waals surface area contributed by atoms with Crippen molar-refractivity contribution in [3.05, 3.63) is 90.8 Å². The fourth-order valence-electron chi connectivity index (χ4n) is 4.08. The molecule has 0 N–H and O–H groups in total. The number of piperazine rings is 1. The number of anilines is 1. The van der Waals surface area contributed by atoms with E-state index in [1.165, 1.54) is 5.69 Å². The minimum absolute atomic E-state index is 0.0555. The number of nitrogens with zero attached hydrogens (tertiary/aromatic N) is 5. The first kappa shape index (κ1) is 20.8. The van der Waals surface area contributed by atoms with Crippen LogP contribution in [0, 0.1) is 0 Å². The summed E-state index contributed by atoms with van der Waals surface area (Å²) in [6, 6.07) is 25.8. The van der Waals surface area contributed by atoms with Gasteiger partial charge in [-0.1, -0.05) is 48.5 Å². The zero-order valence-electron chi connectivity index (χ0n) is 18.5. The maximum atomic E-state index is 13.4. The average Bonchev–Trinajstić information content (AvgIpc) is 3.35. The van der Waals surface area contributed by atoms with Crippen LogP contribution < -0.4 is 9.64 Å². The van der Waals surface area contributed by atoms with Gasteiger partial charge in [-0.15, -0.1) is 0 Å². The number of hydrogen-bond donors (Lipinski definition) is 0. The van der Waals surface area contributed by atoms with Gasteiger partial charge in [0, 0.05) is 43.5 Å². The number of carbonyl (C=O) groups is 1. The lowest BCUT2D eigenvalue weighted by Crippen LogP contribution is -2.48. The molecular formula is C26H25N5O2. The lowest BCUT2D eigenvalue weighted by molar-refractivity contribution is 0.0740. The Balaban J connectivity index is 1.41. The van der Waals surface area contributed by atoms with Gasteiger partial charge in [-0.05, 0) is 24.3 Å². The monoisotopic (exact) mass is 439 g/mol. The zero-order chi connectivity index (χ0) is 22.6. The quantitative estimate of drug-likeness (QED) is 0.472. The van der Waals surface area contributed by atoms with E-state index in [2.05, 4.69) is 22.0 Å². The molecule has 3 heterocycles. The lowest BCUT2D eigenvalue weighted by Gasteiger charge is -2.35. The Morgan fingerprint density at radius 2 is 1.55 bits per heavy atom. The van der Waals surface area contributed by atoms with Gasteiger partial charge in [0.1, 0.15) is 0 Å². The first-order chi connectivity index (χ1) is 16.2. The molecule has 0 spiro atoms. The third-order valence-corrected chi connectivity index (χ3v) is 5.86. The van der Waals surface area contributed by atoms with E-state index in [1.807, 2.05) is 65.6 Å². The Morgan fingerprint density at radius 3 is 2.18 bits per heavy atom. The molecule has 7 heteroatoms. The summed E-state index contributed by atoms with van der Waals surface area (Å²) in [5.74, 6) is 0.472. The molecule has 33 heavy (non-hydrogen) atoms. The minimum atomic E-state index is -0.0555. The Bertz CT molecular complexity index is 1210. The predicted molar refractivity (Wildman–Crippen MR) is 128 cm³/mol. The second-order valence-corrected chi connectivity index (χ2v) is 7.87. The van der Waals surface area contributed by atoms with Gasteiger partial charge in [-0.3, -0.25) is 4.79 Å². The Kier molecular flexibility index (Phi) is 5.76. The number of benzene rings is 2. The van der Waals surface area contributed by atoms with Crippen LogP contribution in [0.15, 0.2) is 85.1 Å². The first-order valence-corrected chi connectivity index (χ1v) is 11.0. The highest BCUT2D eigenvalue weighted by molar-refractivity contribution is 5.94. The maximum Gasteiger partial charge on any atom is 0.274 e. The number of carbonyl (C=O) groups excluding carboxylic acids is 1. The zero-order valence-corrected chi connectivity index (χ0v) is 18.5. The summed E-state index contributed by atoms with van der Waals surface area (Å²) < 4.78 is 6.95. The summed E-state index contributed by atoms with van der Waals surface area (Å²) in [5.41, 5.74) is 4.20. The van der Waals surface area contributed by atoms with E-state index in [0.717, 1.165) is 30.0 Å². The van der Waals surface area contributed by atoms with E-state index in [4.69, 9.17) is 9.84 Å². The number of aromatic nitrogens is 3. The van der Waals surface area contributed by atoms with E-state index >= 15 is 0 Å². The summed E-state index contributed by atoms with van der Waals surface area (Å²) >= 11 is 0. The molecular weight excluding hydrogens is 414 g/mol. The van der Waals surface area contributed by atoms with Crippen LogP contribution >= 0.6 is 0 Å². The van der Waals surface area contributed by atoms with Crippen LogP contribution in [0.2, 0.25) is 0 Å². The van der Waals surface area contributed by atoms with Crippen LogP contribution in [0.4, 0.5) is 5.69 Å². The van der Waals surface area contributed by atoms with Crippen LogP contribution in [-0.4, -0.2) is 58.9 Å². The van der Waals surface area contributed by atoms with Crippen molar-refractivity contribution in [1.82, 2.24) is 19.7 Å². The highest BCUT2D eigenvalue weighted by Gasteiger charge is 2.25. The summed E-state index contributed by atoms with van der Waals surface area (Å²) in [7, 11) is 1.58. The third kappa shape index (κ3) is 4.30. The molecule has 5 rings (SSSR count). The number of methoxy groups -OCH3 is 1.